The molecule has 0 aliphatic heterocycles. The highest BCUT2D eigenvalue weighted by Gasteiger charge is 2.16. The van der Waals surface area contributed by atoms with E-state index in [4.69, 9.17) is 0 Å². The third-order valence-electron chi connectivity index (χ3n) is 3.85. The SMILES string of the molecule is Cc1cccc(NC(=O)c2cccc(S(=O)(=O)NCc3ccccn3)c2)c1. The van der Waals surface area contributed by atoms with Crippen LogP contribution >= 0.6 is 0 Å². The number of carbonyl (C=O) groups excluding carboxylic acids is 1. The number of aryl methyl sites for hydroxylation is 1. The van der Waals surface area contributed by atoms with E-state index in [1.165, 1.54) is 12.1 Å². The first kappa shape index (κ1) is 18.8. The van der Waals surface area contributed by atoms with Crippen molar-refractivity contribution in [3.05, 3.63) is 89.7 Å². The number of sulfonamides is 1. The summed E-state index contributed by atoms with van der Waals surface area (Å²) < 4.78 is 27.5. The molecule has 2 N–H and O–H groups in total. The first-order chi connectivity index (χ1) is 12.9. The lowest BCUT2D eigenvalue weighted by atomic mass is 10.2. The van der Waals surface area contributed by atoms with Gasteiger partial charge in [-0.15, -0.1) is 0 Å². The third-order valence-corrected chi connectivity index (χ3v) is 5.25. The molecular formula is C20H19N3O3S. The zero-order valence-electron chi connectivity index (χ0n) is 14.7. The summed E-state index contributed by atoms with van der Waals surface area (Å²) in [5, 5.41) is 2.77. The fourth-order valence-electron chi connectivity index (χ4n) is 2.49. The largest absolute Gasteiger partial charge is 0.322 e. The summed E-state index contributed by atoms with van der Waals surface area (Å²) in [6, 6.07) is 18.6. The van der Waals surface area contributed by atoms with Gasteiger partial charge < -0.3 is 5.32 Å². The molecule has 0 fully saturated rings. The van der Waals surface area contributed by atoms with E-state index in [1.807, 2.05) is 25.1 Å². The Balaban J connectivity index is 1.74. The van der Waals surface area contributed by atoms with Crippen LogP contribution in [0.1, 0.15) is 21.6 Å². The summed E-state index contributed by atoms with van der Waals surface area (Å²) in [7, 11) is -3.76. The Morgan fingerprint density at radius 2 is 1.81 bits per heavy atom. The molecule has 0 aliphatic carbocycles. The van der Waals surface area contributed by atoms with Gasteiger partial charge in [0.15, 0.2) is 0 Å². The number of carbonyl (C=O) groups is 1. The predicted molar refractivity (Wildman–Crippen MR) is 104 cm³/mol. The fraction of sp³-hybridized carbons (Fsp3) is 0.100. The highest BCUT2D eigenvalue weighted by molar-refractivity contribution is 7.89. The molecule has 7 heteroatoms. The first-order valence-corrected chi connectivity index (χ1v) is 9.80. The van der Waals surface area contributed by atoms with E-state index in [0.29, 0.717) is 11.4 Å². The molecule has 138 valence electrons. The van der Waals surface area contributed by atoms with Crippen molar-refractivity contribution in [3.8, 4) is 0 Å². The van der Waals surface area contributed by atoms with Gasteiger partial charge in [0, 0.05) is 17.4 Å². The number of nitrogens with zero attached hydrogens (tertiary/aromatic N) is 1. The second-order valence-electron chi connectivity index (χ2n) is 6.00. The summed E-state index contributed by atoms with van der Waals surface area (Å²) in [6.07, 6.45) is 1.60. The molecule has 3 rings (SSSR count). The topological polar surface area (TPSA) is 88.2 Å². The van der Waals surface area contributed by atoms with Gasteiger partial charge in [-0.05, 0) is 55.0 Å². The van der Waals surface area contributed by atoms with Gasteiger partial charge >= 0.3 is 0 Å². The number of anilines is 1. The van der Waals surface area contributed by atoms with E-state index >= 15 is 0 Å². The first-order valence-electron chi connectivity index (χ1n) is 8.32. The molecular weight excluding hydrogens is 362 g/mol. The van der Waals surface area contributed by atoms with Gasteiger partial charge in [-0.2, -0.15) is 0 Å². The van der Waals surface area contributed by atoms with Gasteiger partial charge in [-0.25, -0.2) is 13.1 Å². The Morgan fingerprint density at radius 3 is 2.56 bits per heavy atom. The van der Waals surface area contributed by atoms with Gasteiger partial charge in [0.1, 0.15) is 0 Å². The maximum Gasteiger partial charge on any atom is 0.255 e. The maximum absolute atomic E-state index is 12.5. The molecule has 0 unspecified atom stereocenters. The van der Waals surface area contributed by atoms with Crippen LogP contribution in [0.4, 0.5) is 5.69 Å². The van der Waals surface area contributed by atoms with Crippen molar-refractivity contribution in [2.24, 2.45) is 0 Å². The minimum atomic E-state index is -3.76. The Morgan fingerprint density at radius 1 is 1.00 bits per heavy atom. The van der Waals surface area contributed by atoms with Gasteiger partial charge in [0.2, 0.25) is 10.0 Å². The molecule has 0 saturated heterocycles. The average molecular weight is 381 g/mol. The molecule has 1 amide bonds. The second kappa shape index (κ2) is 8.11. The van der Waals surface area contributed by atoms with Gasteiger partial charge in [0.25, 0.3) is 5.91 Å². The van der Waals surface area contributed by atoms with E-state index in [1.54, 1.807) is 42.6 Å². The predicted octanol–water partition coefficient (Wildman–Crippen LogP) is 3.12. The highest BCUT2D eigenvalue weighted by Crippen LogP contribution is 2.15. The Hall–Kier alpha value is -3.03. The quantitative estimate of drug-likeness (QED) is 0.687. The zero-order chi connectivity index (χ0) is 19.3. The van der Waals surface area contributed by atoms with Crippen LogP contribution in [0.25, 0.3) is 0 Å². The van der Waals surface area contributed by atoms with Crippen LogP contribution < -0.4 is 10.0 Å². The Kier molecular flexibility index (Phi) is 5.63. The number of nitrogens with one attached hydrogen (secondary N) is 2. The number of hydrogen-bond acceptors (Lipinski definition) is 4. The third kappa shape index (κ3) is 4.99. The van der Waals surface area contributed by atoms with Crippen LogP contribution in [0.2, 0.25) is 0 Å². The van der Waals surface area contributed by atoms with Crippen molar-refractivity contribution in [1.82, 2.24) is 9.71 Å². The van der Waals surface area contributed by atoms with Crippen molar-refractivity contribution < 1.29 is 13.2 Å². The number of amides is 1. The molecule has 0 radical (unpaired) electrons. The Bertz CT molecular complexity index is 1050. The van der Waals surface area contributed by atoms with E-state index < -0.39 is 10.0 Å². The van der Waals surface area contributed by atoms with Crippen LogP contribution in [0.5, 0.6) is 0 Å². The zero-order valence-corrected chi connectivity index (χ0v) is 15.5. The highest BCUT2D eigenvalue weighted by atomic mass is 32.2. The van der Waals surface area contributed by atoms with E-state index in [0.717, 1.165) is 5.56 Å². The number of rotatable bonds is 6. The van der Waals surface area contributed by atoms with Crippen molar-refractivity contribution in [1.29, 1.82) is 0 Å². The van der Waals surface area contributed by atoms with E-state index in [9.17, 15) is 13.2 Å². The lowest BCUT2D eigenvalue weighted by Crippen LogP contribution is -2.24. The number of pyridine rings is 1. The Labute approximate surface area is 158 Å². The van der Waals surface area contributed by atoms with Crippen molar-refractivity contribution in [2.75, 3.05) is 5.32 Å². The summed E-state index contributed by atoms with van der Waals surface area (Å²) in [5.74, 6) is -0.373. The van der Waals surface area contributed by atoms with Crippen molar-refractivity contribution in [2.45, 2.75) is 18.4 Å². The summed E-state index contributed by atoms with van der Waals surface area (Å²) in [4.78, 5) is 16.6. The minimum Gasteiger partial charge on any atom is -0.322 e. The standard InChI is InChI=1S/C20H19N3O3S/c1-15-6-4-9-17(12-15)23-20(24)16-7-5-10-19(13-16)27(25,26)22-14-18-8-2-3-11-21-18/h2-13,22H,14H2,1H3,(H,23,24). The van der Waals surface area contributed by atoms with Gasteiger partial charge in [0.05, 0.1) is 17.1 Å². The normalized spacial score (nSPS) is 11.1. The van der Waals surface area contributed by atoms with Crippen molar-refractivity contribution >= 4 is 21.6 Å². The van der Waals surface area contributed by atoms with Gasteiger partial charge in [-0.1, -0.05) is 24.3 Å². The summed E-state index contributed by atoms with van der Waals surface area (Å²) >= 11 is 0. The molecule has 6 nitrogen and oxygen atoms in total. The molecule has 2 aromatic carbocycles. The van der Waals surface area contributed by atoms with Crippen LogP contribution in [-0.4, -0.2) is 19.3 Å². The number of benzene rings is 2. The smallest absolute Gasteiger partial charge is 0.255 e. The molecule has 3 aromatic rings. The number of hydrogen-bond donors (Lipinski definition) is 2. The molecule has 0 spiro atoms. The van der Waals surface area contributed by atoms with E-state index in [-0.39, 0.29) is 22.9 Å². The second-order valence-corrected chi connectivity index (χ2v) is 7.76. The van der Waals surface area contributed by atoms with Crippen LogP contribution in [0.15, 0.2) is 77.8 Å². The summed E-state index contributed by atoms with van der Waals surface area (Å²) in [5.41, 5.74) is 2.54. The van der Waals surface area contributed by atoms with Crippen LogP contribution in [0, 0.1) is 6.92 Å². The van der Waals surface area contributed by atoms with Crippen LogP contribution in [0.3, 0.4) is 0 Å². The van der Waals surface area contributed by atoms with Crippen LogP contribution in [-0.2, 0) is 16.6 Å². The average Bonchev–Trinajstić information content (AvgIpc) is 2.67. The lowest BCUT2D eigenvalue weighted by Gasteiger charge is -2.09. The monoisotopic (exact) mass is 381 g/mol. The molecule has 0 atom stereocenters. The fourth-order valence-corrected chi connectivity index (χ4v) is 3.53. The van der Waals surface area contributed by atoms with Gasteiger partial charge in [-0.3, -0.25) is 9.78 Å². The molecule has 0 bridgehead atoms. The minimum absolute atomic E-state index is 0.0234. The van der Waals surface area contributed by atoms with Crippen molar-refractivity contribution in [3.63, 3.8) is 0 Å². The lowest BCUT2D eigenvalue weighted by molar-refractivity contribution is 0.102. The molecule has 0 aliphatic rings. The molecule has 0 saturated carbocycles. The number of aromatic nitrogens is 1. The van der Waals surface area contributed by atoms with E-state index in [2.05, 4.69) is 15.0 Å². The molecule has 27 heavy (non-hydrogen) atoms. The molecule has 1 aromatic heterocycles. The summed E-state index contributed by atoms with van der Waals surface area (Å²) in [6.45, 7) is 2.00. The maximum atomic E-state index is 12.5. The molecule has 1 heterocycles.